The molecule has 0 atom stereocenters. The summed E-state index contributed by atoms with van der Waals surface area (Å²) in [7, 11) is -3.40. The van der Waals surface area contributed by atoms with Crippen LogP contribution in [-0.4, -0.2) is 27.2 Å². The van der Waals surface area contributed by atoms with E-state index >= 15 is 0 Å². The molecule has 1 N–H and O–H groups in total. The molecule has 0 saturated heterocycles. The van der Waals surface area contributed by atoms with Crippen molar-refractivity contribution in [1.82, 2.24) is 0 Å². The Kier molecular flexibility index (Phi) is 5.28. The molecule has 0 unspecified atom stereocenters. The summed E-state index contributed by atoms with van der Waals surface area (Å²) >= 11 is 5.75. The zero-order valence-corrected chi connectivity index (χ0v) is 14.2. The number of aryl methyl sites for hydroxylation is 1. The number of carbonyl (C=O) groups is 1. The van der Waals surface area contributed by atoms with Gasteiger partial charge >= 0.3 is 5.97 Å². The Balaban J connectivity index is 2.08. The molecule has 2 aromatic carbocycles. The summed E-state index contributed by atoms with van der Waals surface area (Å²) in [5, 5.41) is 3.35. The van der Waals surface area contributed by atoms with Gasteiger partial charge in [-0.05, 0) is 42.8 Å². The second-order valence-electron chi connectivity index (χ2n) is 5.01. The number of anilines is 1. The molecule has 7 heteroatoms. The highest BCUT2D eigenvalue weighted by molar-refractivity contribution is 7.91. The van der Waals surface area contributed by atoms with Crippen molar-refractivity contribution >= 4 is 33.1 Å². The third-order valence-electron chi connectivity index (χ3n) is 3.05. The Bertz CT molecular complexity index is 816. The summed E-state index contributed by atoms with van der Waals surface area (Å²) in [6, 6.07) is 11.4. The second-order valence-corrected chi connectivity index (χ2v) is 7.39. The minimum atomic E-state index is -3.40. The first kappa shape index (κ1) is 17.3. The molecule has 0 aromatic heterocycles. The van der Waals surface area contributed by atoms with E-state index in [0.29, 0.717) is 22.0 Å². The average molecular weight is 354 g/mol. The smallest absolute Gasteiger partial charge is 0.330 e. The van der Waals surface area contributed by atoms with Crippen LogP contribution < -0.4 is 10.1 Å². The van der Waals surface area contributed by atoms with Crippen LogP contribution in [0.2, 0.25) is 5.02 Å². The molecule has 0 amide bonds. The number of esters is 1. The number of halogens is 1. The fourth-order valence-electron chi connectivity index (χ4n) is 2.12. The van der Waals surface area contributed by atoms with E-state index in [1.54, 1.807) is 49.4 Å². The van der Waals surface area contributed by atoms with E-state index in [-0.39, 0.29) is 11.4 Å². The van der Waals surface area contributed by atoms with Crippen LogP contribution in [0.1, 0.15) is 5.56 Å². The Morgan fingerprint density at radius 1 is 1.17 bits per heavy atom. The van der Waals surface area contributed by atoms with Gasteiger partial charge in [-0.15, -0.1) is 0 Å². The lowest BCUT2D eigenvalue weighted by molar-refractivity contribution is -0.132. The molecule has 2 aromatic rings. The van der Waals surface area contributed by atoms with Crippen LogP contribution in [0, 0.1) is 6.92 Å². The predicted octanol–water partition coefficient (Wildman–Crippen LogP) is 3.07. The van der Waals surface area contributed by atoms with Gasteiger partial charge in [-0.2, -0.15) is 0 Å². The Morgan fingerprint density at radius 3 is 2.43 bits per heavy atom. The number of hydrogen-bond donors (Lipinski definition) is 1. The lowest BCUT2D eigenvalue weighted by Crippen LogP contribution is -2.20. The predicted molar refractivity (Wildman–Crippen MR) is 89.9 cm³/mol. The standard InChI is InChI=1S/C16H16ClNO4S/c1-11-4-3-5-14(16(11)23(2,20)21)18-10-15(19)22-13-8-6-12(17)7-9-13/h3-9,18H,10H2,1-2H3. The van der Waals surface area contributed by atoms with Crippen molar-refractivity contribution in [2.24, 2.45) is 0 Å². The van der Waals surface area contributed by atoms with Gasteiger partial charge in [0.05, 0.1) is 10.6 Å². The summed E-state index contributed by atoms with van der Waals surface area (Å²) in [4.78, 5) is 12.0. The Labute approximate surface area is 140 Å². The first-order chi connectivity index (χ1) is 10.8. The summed E-state index contributed by atoms with van der Waals surface area (Å²) in [6.07, 6.45) is 1.13. The first-order valence-corrected chi connectivity index (χ1v) is 9.04. The van der Waals surface area contributed by atoms with Crippen LogP contribution >= 0.6 is 11.6 Å². The van der Waals surface area contributed by atoms with Crippen molar-refractivity contribution < 1.29 is 17.9 Å². The number of hydrogen-bond acceptors (Lipinski definition) is 5. The summed E-state index contributed by atoms with van der Waals surface area (Å²) in [5.74, 6) is -0.165. The third-order valence-corrected chi connectivity index (χ3v) is 4.59. The fraction of sp³-hybridized carbons (Fsp3) is 0.188. The maximum atomic E-state index is 11.9. The maximum absolute atomic E-state index is 11.9. The van der Waals surface area contributed by atoms with Crippen molar-refractivity contribution in [3.63, 3.8) is 0 Å². The van der Waals surface area contributed by atoms with E-state index in [2.05, 4.69) is 5.32 Å². The van der Waals surface area contributed by atoms with Gasteiger partial charge in [-0.1, -0.05) is 23.7 Å². The number of ether oxygens (including phenoxy) is 1. The highest BCUT2D eigenvalue weighted by Gasteiger charge is 2.16. The number of carbonyl (C=O) groups excluding carboxylic acids is 1. The van der Waals surface area contributed by atoms with Gasteiger partial charge in [0.25, 0.3) is 0 Å². The summed E-state index contributed by atoms with van der Waals surface area (Å²) < 4.78 is 28.9. The highest BCUT2D eigenvalue weighted by atomic mass is 35.5. The van der Waals surface area contributed by atoms with Gasteiger partial charge in [0.1, 0.15) is 12.3 Å². The van der Waals surface area contributed by atoms with Gasteiger partial charge in [-0.3, -0.25) is 0 Å². The number of rotatable bonds is 5. The Morgan fingerprint density at radius 2 is 1.83 bits per heavy atom. The van der Waals surface area contributed by atoms with E-state index in [1.165, 1.54) is 0 Å². The number of nitrogens with one attached hydrogen (secondary N) is 1. The van der Waals surface area contributed by atoms with Crippen LogP contribution in [0.4, 0.5) is 5.69 Å². The molecular weight excluding hydrogens is 338 g/mol. The second kappa shape index (κ2) is 7.02. The van der Waals surface area contributed by atoms with Crippen LogP contribution in [0.25, 0.3) is 0 Å². The maximum Gasteiger partial charge on any atom is 0.330 e. The largest absolute Gasteiger partial charge is 0.425 e. The van der Waals surface area contributed by atoms with E-state index in [0.717, 1.165) is 6.26 Å². The highest BCUT2D eigenvalue weighted by Crippen LogP contribution is 2.24. The van der Waals surface area contributed by atoms with Gasteiger partial charge in [-0.25, -0.2) is 13.2 Å². The molecule has 0 saturated carbocycles. The average Bonchev–Trinajstić information content (AvgIpc) is 2.46. The molecular formula is C16H16ClNO4S. The fourth-order valence-corrected chi connectivity index (χ4v) is 3.44. The van der Waals surface area contributed by atoms with E-state index in [4.69, 9.17) is 16.3 Å². The molecule has 23 heavy (non-hydrogen) atoms. The van der Waals surface area contributed by atoms with Crippen LogP contribution in [0.5, 0.6) is 5.75 Å². The van der Waals surface area contributed by atoms with Crippen molar-refractivity contribution in [3.8, 4) is 5.75 Å². The van der Waals surface area contributed by atoms with Crippen LogP contribution in [0.3, 0.4) is 0 Å². The van der Waals surface area contributed by atoms with E-state index in [1.807, 2.05) is 0 Å². The summed E-state index contributed by atoms with van der Waals surface area (Å²) in [5.41, 5.74) is 0.990. The van der Waals surface area contributed by atoms with Crippen molar-refractivity contribution in [1.29, 1.82) is 0 Å². The lowest BCUT2D eigenvalue weighted by atomic mass is 10.2. The normalized spacial score (nSPS) is 11.1. The zero-order chi connectivity index (χ0) is 17.0. The molecule has 5 nitrogen and oxygen atoms in total. The third kappa shape index (κ3) is 4.71. The topological polar surface area (TPSA) is 72.5 Å². The lowest BCUT2D eigenvalue weighted by Gasteiger charge is -2.12. The Hall–Kier alpha value is -2.05. The molecule has 0 heterocycles. The molecule has 0 bridgehead atoms. The minimum absolute atomic E-state index is 0.158. The van der Waals surface area contributed by atoms with Crippen molar-refractivity contribution in [3.05, 3.63) is 53.1 Å². The van der Waals surface area contributed by atoms with E-state index < -0.39 is 15.8 Å². The molecule has 0 fully saturated rings. The molecule has 0 aliphatic carbocycles. The van der Waals surface area contributed by atoms with Crippen molar-refractivity contribution in [2.75, 3.05) is 18.1 Å². The minimum Gasteiger partial charge on any atom is -0.425 e. The number of sulfone groups is 1. The molecule has 0 aliphatic rings. The molecule has 0 spiro atoms. The quantitative estimate of drug-likeness (QED) is 0.660. The molecule has 122 valence electrons. The van der Waals surface area contributed by atoms with Gasteiger partial charge in [0, 0.05) is 11.3 Å². The summed E-state index contributed by atoms with van der Waals surface area (Å²) in [6.45, 7) is 1.54. The van der Waals surface area contributed by atoms with Gasteiger partial charge in [0.15, 0.2) is 9.84 Å². The SMILES string of the molecule is Cc1cccc(NCC(=O)Oc2ccc(Cl)cc2)c1S(C)(=O)=O. The zero-order valence-electron chi connectivity index (χ0n) is 12.7. The molecule has 0 radical (unpaired) electrons. The van der Waals surface area contributed by atoms with E-state index in [9.17, 15) is 13.2 Å². The van der Waals surface area contributed by atoms with Gasteiger partial charge < -0.3 is 10.1 Å². The van der Waals surface area contributed by atoms with Gasteiger partial charge in [0.2, 0.25) is 0 Å². The number of benzene rings is 2. The molecule has 2 rings (SSSR count). The monoisotopic (exact) mass is 353 g/mol. The van der Waals surface area contributed by atoms with Crippen molar-refractivity contribution in [2.45, 2.75) is 11.8 Å². The first-order valence-electron chi connectivity index (χ1n) is 6.77. The molecule has 0 aliphatic heterocycles. The van der Waals surface area contributed by atoms with Crippen LogP contribution in [-0.2, 0) is 14.6 Å². The van der Waals surface area contributed by atoms with Crippen LogP contribution in [0.15, 0.2) is 47.4 Å².